The Hall–Kier alpha value is -3.01. The van der Waals surface area contributed by atoms with Crippen molar-refractivity contribution in [3.63, 3.8) is 0 Å². The van der Waals surface area contributed by atoms with Gasteiger partial charge in [-0.1, -0.05) is 30.3 Å². The number of benzene rings is 2. The summed E-state index contributed by atoms with van der Waals surface area (Å²) in [6, 6.07) is 16.6. The molecule has 0 fully saturated rings. The highest BCUT2D eigenvalue weighted by atomic mass is 16.4. The van der Waals surface area contributed by atoms with Gasteiger partial charge < -0.3 is 4.42 Å². The van der Waals surface area contributed by atoms with Gasteiger partial charge >= 0.3 is 0 Å². The molecular formula is C17H10N2O2. The van der Waals surface area contributed by atoms with Gasteiger partial charge in [-0.25, -0.2) is 4.98 Å². The molecule has 4 nitrogen and oxygen atoms in total. The molecule has 4 heteroatoms. The molecule has 0 aliphatic carbocycles. The Morgan fingerprint density at radius 3 is 2.71 bits per heavy atom. The van der Waals surface area contributed by atoms with Gasteiger partial charge in [-0.15, -0.1) is 0 Å². The van der Waals surface area contributed by atoms with E-state index in [1.54, 1.807) is 18.3 Å². The fraction of sp³-hybridized carbons (Fsp3) is 0. The summed E-state index contributed by atoms with van der Waals surface area (Å²) < 4.78 is 5.54. The number of fused-ring (bicyclic) bond motifs is 2. The van der Waals surface area contributed by atoms with E-state index < -0.39 is 0 Å². The van der Waals surface area contributed by atoms with E-state index >= 15 is 0 Å². The number of ketones is 1. The summed E-state index contributed by atoms with van der Waals surface area (Å²) >= 11 is 0. The molecule has 0 unspecified atom stereocenters. The Labute approximate surface area is 120 Å². The van der Waals surface area contributed by atoms with E-state index in [4.69, 9.17) is 4.42 Å². The molecular weight excluding hydrogens is 264 g/mol. The Bertz CT molecular complexity index is 934. The maximum absolute atomic E-state index is 12.6. The molecule has 0 aliphatic rings. The van der Waals surface area contributed by atoms with E-state index in [9.17, 15) is 4.79 Å². The van der Waals surface area contributed by atoms with Crippen LogP contribution in [0, 0.1) is 0 Å². The summed E-state index contributed by atoms with van der Waals surface area (Å²) in [7, 11) is 0. The number of hydrogen-bond donors (Lipinski definition) is 0. The van der Waals surface area contributed by atoms with Gasteiger partial charge in [0.2, 0.25) is 5.78 Å². The molecule has 4 aromatic rings. The van der Waals surface area contributed by atoms with E-state index in [1.165, 1.54) is 0 Å². The maximum Gasteiger partial charge on any atom is 0.269 e. The fourth-order valence-electron chi connectivity index (χ4n) is 2.37. The lowest BCUT2D eigenvalue weighted by atomic mass is 10.1. The highest BCUT2D eigenvalue weighted by molar-refractivity contribution is 6.13. The van der Waals surface area contributed by atoms with Crippen LogP contribution < -0.4 is 0 Å². The van der Waals surface area contributed by atoms with Crippen LogP contribution in [-0.2, 0) is 0 Å². The summed E-state index contributed by atoms with van der Waals surface area (Å²) in [5.74, 6) is -0.162. The quantitative estimate of drug-likeness (QED) is 0.524. The molecule has 0 aliphatic heterocycles. The molecule has 4 rings (SSSR count). The number of aromatic nitrogens is 2. The van der Waals surface area contributed by atoms with Gasteiger partial charge in [-0.2, -0.15) is 0 Å². The third kappa shape index (κ3) is 1.89. The first-order chi connectivity index (χ1) is 10.3. The molecule has 100 valence electrons. The predicted molar refractivity (Wildman–Crippen MR) is 79.2 cm³/mol. The summed E-state index contributed by atoms with van der Waals surface area (Å²) in [5.41, 5.74) is 2.44. The van der Waals surface area contributed by atoms with E-state index in [0.29, 0.717) is 22.2 Å². The van der Waals surface area contributed by atoms with Crippen LogP contribution >= 0.6 is 0 Å². The zero-order valence-corrected chi connectivity index (χ0v) is 11.0. The minimum atomic E-state index is -0.254. The van der Waals surface area contributed by atoms with Crippen molar-refractivity contribution in [2.75, 3.05) is 0 Å². The van der Waals surface area contributed by atoms with Gasteiger partial charge in [-0.05, 0) is 24.3 Å². The zero-order chi connectivity index (χ0) is 14.2. The van der Waals surface area contributed by atoms with Crippen LogP contribution in [0.25, 0.3) is 22.0 Å². The van der Waals surface area contributed by atoms with Gasteiger partial charge in [0.25, 0.3) is 5.89 Å². The van der Waals surface area contributed by atoms with Gasteiger partial charge in [-0.3, -0.25) is 9.78 Å². The second-order valence-electron chi connectivity index (χ2n) is 4.70. The third-order valence-corrected chi connectivity index (χ3v) is 3.37. The van der Waals surface area contributed by atoms with Crippen molar-refractivity contribution in [1.82, 2.24) is 9.97 Å². The molecule has 21 heavy (non-hydrogen) atoms. The molecule has 0 atom stereocenters. The van der Waals surface area contributed by atoms with Gasteiger partial charge in [0.1, 0.15) is 5.52 Å². The number of para-hydroxylation sites is 3. The minimum Gasteiger partial charge on any atom is -0.433 e. The molecule has 2 aromatic carbocycles. The summed E-state index contributed by atoms with van der Waals surface area (Å²) in [6.45, 7) is 0. The second-order valence-corrected chi connectivity index (χ2v) is 4.70. The van der Waals surface area contributed by atoms with E-state index in [0.717, 1.165) is 5.39 Å². The fourth-order valence-corrected chi connectivity index (χ4v) is 2.37. The summed E-state index contributed by atoms with van der Waals surface area (Å²) in [6.07, 6.45) is 1.67. The Kier molecular flexibility index (Phi) is 2.54. The Morgan fingerprint density at radius 2 is 1.81 bits per heavy atom. The van der Waals surface area contributed by atoms with Crippen molar-refractivity contribution in [2.24, 2.45) is 0 Å². The monoisotopic (exact) mass is 274 g/mol. The van der Waals surface area contributed by atoms with Crippen LogP contribution in [0.15, 0.2) is 65.2 Å². The van der Waals surface area contributed by atoms with Crippen LogP contribution in [0.1, 0.15) is 16.2 Å². The first kappa shape index (κ1) is 11.8. The number of carbonyl (C=O) groups excluding carboxylic acids is 1. The van der Waals surface area contributed by atoms with Crippen molar-refractivity contribution in [3.05, 3.63) is 72.2 Å². The molecule has 0 radical (unpaired) electrons. The van der Waals surface area contributed by atoms with Crippen molar-refractivity contribution in [3.8, 4) is 0 Å². The van der Waals surface area contributed by atoms with E-state index in [-0.39, 0.29) is 11.7 Å². The third-order valence-electron chi connectivity index (χ3n) is 3.37. The van der Waals surface area contributed by atoms with Crippen molar-refractivity contribution >= 4 is 27.8 Å². The number of nitrogens with zero attached hydrogens (tertiary/aromatic N) is 2. The van der Waals surface area contributed by atoms with Crippen LogP contribution in [0.4, 0.5) is 0 Å². The lowest BCUT2D eigenvalue weighted by molar-refractivity contribution is 0.101. The molecule has 0 amide bonds. The normalized spacial score (nSPS) is 11.0. The van der Waals surface area contributed by atoms with Crippen LogP contribution in [0.2, 0.25) is 0 Å². The first-order valence-electron chi connectivity index (χ1n) is 6.57. The Morgan fingerprint density at radius 1 is 0.952 bits per heavy atom. The topological polar surface area (TPSA) is 56.0 Å². The number of rotatable bonds is 2. The number of hydrogen-bond acceptors (Lipinski definition) is 4. The van der Waals surface area contributed by atoms with E-state index in [2.05, 4.69) is 9.97 Å². The van der Waals surface area contributed by atoms with Crippen LogP contribution in [0.5, 0.6) is 0 Å². The lowest BCUT2D eigenvalue weighted by Gasteiger charge is -2.01. The largest absolute Gasteiger partial charge is 0.433 e. The maximum atomic E-state index is 12.6. The zero-order valence-electron chi connectivity index (χ0n) is 11.0. The van der Waals surface area contributed by atoms with Crippen molar-refractivity contribution in [1.29, 1.82) is 0 Å². The van der Waals surface area contributed by atoms with Gasteiger partial charge in [0.05, 0.1) is 11.1 Å². The number of pyridine rings is 1. The van der Waals surface area contributed by atoms with Gasteiger partial charge in [0.15, 0.2) is 5.58 Å². The second kappa shape index (κ2) is 4.52. The van der Waals surface area contributed by atoms with Gasteiger partial charge in [0, 0.05) is 11.6 Å². The summed E-state index contributed by atoms with van der Waals surface area (Å²) in [5, 5.41) is 0.916. The summed E-state index contributed by atoms with van der Waals surface area (Å²) in [4.78, 5) is 21.2. The number of oxazole rings is 1. The number of carbonyl (C=O) groups is 1. The molecule has 0 saturated heterocycles. The molecule has 2 heterocycles. The van der Waals surface area contributed by atoms with Crippen molar-refractivity contribution in [2.45, 2.75) is 0 Å². The highest BCUT2D eigenvalue weighted by Gasteiger charge is 2.19. The SMILES string of the molecule is O=C(c1nc2ccccc2o1)c1cccc2cccnc12. The average Bonchev–Trinajstić information content (AvgIpc) is 2.97. The molecule has 2 aromatic heterocycles. The molecule has 0 N–H and O–H groups in total. The lowest BCUT2D eigenvalue weighted by Crippen LogP contribution is -2.03. The molecule has 0 saturated carbocycles. The minimum absolute atomic E-state index is 0.0920. The van der Waals surface area contributed by atoms with E-state index in [1.807, 2.05) is 42.5 Å². The van der Waals surface area contributed by atoms with Crippen LogP contribution in [-0.4, -0.2) is 15.8 Å². The van der Waals surface area contributed by atoms with Crippen molar-refractivity contribution < 1.29 is 9.21 Å². The standard InChI is InChI=1S/C17H10N2O2/c20-16(17-19-13-8-1-2-9-14(13)21-17)12-7-3-5-11-6-4-10-18-15(11)12/h1-10H. The highest BCUT2D eigenvalue weighted by Crippen LogP contribution is 2.21. The predicted octanol–water partition coefficient (Wildman–Crippen LogP) is 3.61. The van der Waals surface area contributed by atoms with Crippen LogP contribution in [0.3, 0.4) is 0 Å². The molecule has 0 spiro atoms. The smallest absolute Gasteiger partial charge is 0.269 e. The average molecular weight is 274 g/mol. The first-order valence-corrected chi connectivity index (χ1v) is 6.57. The Balaban J connectivity index is 1.90. The molecule has 0 bridgehead atoms.